The Hall–Kier alpha value is -2.04. The molecule has 1 heterocycles. The first-order valence-corrected chi connectivity index (χ1v) is 6.49. The van der Waals surface area contributed by atoms with Crippen LogP contribution < -0.4 is 5.56 Å². The molecule has 0 spiro atoms. The molecule has 0 fully saturated rings. The van der Waals surface area contributed by atoms with Crippen LogP contribution in [0.4, 0.5) is 0 Å². The molecule has 0 unspecified atom stereocenters. The van der Waals surface area contributed by atoms with Crippen molar-refractivity contribution in [1.82, 2.24) is 9.71 Å². The minimum atomic E-state index is -0.545. The molecule has 3 aromatic rings. The number of benzene rings is 2. The monoisotopic (exact) mass is 306 g/mol. The summed E-state index contributed by atoms with van der Waals surface area (Å²) in [6, 6.07) is 11.4. The molecule has 0 bridgehead atoms. The Morgan fingerprint density at radius 2 is 1.65 bits per heavy atom. The molecule has 0 aliphatic rings. The van der Waals surface area contributed by atoms with E-state index in [1.54, 1.807) is 36.4 Å². The summed E-state index contributed by atoms with van der Waals surface area (Å²) < 4.78 is 0.527. The fourth-order valence-electron chi connectivity index (χ4n) is 1.94. The Bertz CT molecular complexity index is 857. The van der Waals surface area contributed by atoms with Gasteiger partial charge < -0.3 is 5.21 Å². The number of fused-ring (bicyclic) bond motifs is 1. The van der Waals surface area contributed by atoms with Gasteiger partial charge in [0.05, 0.1) is 10.9 Å². The standard InChI is InChI=1S/C14H8Cl2N2O2/c15-9-3-1-8(2-4-9)13-17-12-7-10(16)5-6-11(12)14(19)18(13)20/h1-7,20H. The summed E-state index contributed by atoms with van der Waals surface area (Å²) in [5.74, 6) is 0.140. The van der Waals surface area contributed by atoms with Gasteiger partial charge in [0.15, 0.2) is 5.82 Å². The van der Waals surface area contributed by atoms with E-state index in [4.69, 9.17) is 23.2 Å². The van der Waals surface area contributed by atoms with Gasteiger partial charge in [-0.25, -0.2) is 4.98 Å². The van der Waals surface area contributed by atoms with E-state index in [2.05, 4.69) is 4.98 Å². The van der Waals surface area contributed by atoms with Crippen molar-refractivity contribution in [1.29, 1.82) is 0 Å². The second-order valence-electron chi connectivity index (χ2n) is 4.22. The van der Waals surface area contributed by atoms with Crippen LogP contribution in [0.5, 0.6) is 0 Å². The molecule has 3 rings (SSSR count). The lowest BCUT2D eigenvalue weighted by molar-refractivity contribution is 0.178. The van der Waals surface area contributed by atoms with Crippen LogP contribution in [0, 0.1) is 0 Å². The SMILES string of the molecule is O=c1c2ccc(Cl)cc2nc(-c2ccc(Cl)cc2)n1O. The summed E-state index contributed by atoms with van der Waals surface area (Å²) in [6.07, 6.45) is 0. The highest BCUT2D eigenvalue weighted by Gasteiger charge is 2.12. The van der Waals surface area contributed by atoms with Crippen LogP contribution in [0.1, 0.15) is 0 Å². The van der Waals surface area contributed by atoms with Crippen molar-refractivity contribution in [3.63, 3.8) is 0 Å². The summed E-state index contributed by atoms with van der Waals surface area (Å²) in [5, 5.41) is 11.3. The zero-order valence-corrected chi connectivity index (χ0v) is 11.6. The van der Waals surface area contributed by atoms with Gasteiger partial charge in [0.1, 0.15) is 0 Å². The van der Waals surface area contributed by atoms with Gasteiger partial charge in [0.2, 0.25) is 0 Å². The second-order valence-corrected chi connectivity index (χ2v) is 5.09. The number of aromatic nitrogens is 2. The summed E-state index contributed by atoms with van der Waals surface area (Å²) in [6.45, 7) is 0. The van der Waals surface area contributed by atoms with E-state index in [1.165, 1.54) is 6.07 Å². The lowest BCUT2D eigenvalue weighted by Crippen LogP contribution is -2.21. The van der Waals surface area contributed by atoms with E-state index in [0.29, 0.717) is 31.2 Å². The lowest BCUT2D eigenvalue weighted by Gasteiger charge is -2.08. The van der Waals surface area contributed by atoms with Gasteiger partial charge in [-0.15, -0.1) is 4.73 Å². The number of hydrogen-bond acceptors (Lipinski definition) is 3. The topological polar surface area (TPSA) is 55.1 Å². The third kappa shape index (κ3) is 2.13. The molecule has 6 heteroatoms. The Kier molecular flexibility index (Phi) is 3.12. The molecule has 20 heavy (non-hydrogen) atoms. The van der Waals surface area contributed by atoms with Crippen LogP contribution in [0.3, 0.4) is 0 Å². The molecule has 0 aliphatic carbocycles. The normalized spacial score (nSPS) is 10.9. The lowest BCUT2D eigenvalue weighted by atomic mass is 10.2. The highest BCUT2D eigenvalue weighted by atomic mass is 35.5. The highest BCUT2D eigenvalue weighted by Crippen LogP contribution is 2.21. The van der Waals surface area contributed by atoms with E-state index in [9.17, 15) is 10.0 Å². The van der Waals surface area contributed by atoms with Gasteiger partial charge in [0, 0.05) is 15.6 Å². The predicted molar refractivity (Wildman–Crippen MR) is 78.6 cm³/mol. The van der Waals surface area contributed by atoms with Gasteiger partial charge in [-0.05, 0) is 42.5 Å². The summed E-state index contributed by atoms with van der Waals surface area (Å²) >= 11 is 11.7. The maximum absolute atomic E-state index is 12.1. The summed E-state index contributed by atoms with van der Waals surface area (Å²) in [5.41, 5.74) is 0.463. The molecule has 0 amide bonds. The van der Waals surface area contributed by atoms with Gasteiger partial charge in [-0.3, -0.25) is 4.79 Å². The Balaban J connectivity index is 2.33. The van der Waals surface area contributed by atoms with Crippen molar-refractivity contribution in [3.8, 4) is 11.4 Å². The summed E-state index contributed by atoms with van der Waals surface area (Å²) in [7, 11) is 0. The first kappa shape index (κ1) is 13.0. The van der Waals surface area contributed by atoms with E-state index < -0.39 is 5.56 Å². The summed E-state index contributed by atoms with van der Waals surface area (Å²) in [4.78, 5) is 16.4. The zero-order valence-electron chi connectivity index (χ0n) is 10.0. The molecule has 2 aromatic carbocycles. The average molecular weight is 307 g/mol. The third-order valence-corrected chi connectivity index (χ3v) is 3.40. The van der Waals surface area contributed by atoms with Gasteiger partial charge in [-0.1, -0.05) is 23.2 Å². The predicted octanol–water partition coefficient (Wildman–Crippen LogP) is 3.61. The van der Waals surface area contributed by atoms with E-state index in [-0.39, 0.29) is 5.82 Å². The molecule has 4 nitrogen and oxygen atoms in total. The van der Waals surface area contributed by atoms with Crippen molar-refractivity contribution in [3.05, 3.63) is 62.9 Å². The van der Waals surface area contributed by atoms with Crippen LogP contribution in [-0.4, -0.2) is 14.9 Å². The fraction of sp³-hybridized carbons (Fsp3) is 0. The quantitative estimate of drug-likeness (QED) is 0.699. The van der Waals surface area contributed by atoms with E-state index in [0.717, 1.165) is 0 Å². The minimum absolute atomic E-state index is 0.140. The number of rotatable bonds is 1. The zero-order chi connectivity index (χ0) is 14.3. The van der Waals surface area contributed by atoms with Crippen LogP contribution in [0.2, 0.25) is 10.0 Å². The van der Waals surface area contributed by atoms with Crippen molar-refractivity contribution < 1.29 is 5.21 Å². The second kappa shape index (κ2) is 4.81. The van der Waals surface area contributed by atoms with Crippen LogP contribution in [0.15, 0.2) is 47.3 Å². The minimum Gasteiger partial charge on any atom is -0.423 e. The van der Waals surface area contributed by atoms with Crippen molar-refractivity contribution in [2.24, 2.45) is 0 Å². The molecule has 0 radical (unpaired) electrons. The number of hydrogen-bond donors (Lipinski definition) is 1. The first-order valence-electron chi connectivity index (χ1n) is 5.74. The first-order chi connectivity index (χ1) is 9.56. The molecule has 0 saturated heterocycles. The molecule has 0 atom stereocenters. The van der Waals surface area contributed by atoms with Crippen molar-refractivity contribution in [2.75, 3.05) is 0 Å². The maximum Gasteiger partial charge on any atom is 0.294 e. The third-order valence-electron chi connectivity index (χ3n) is 2.91. The largest absolute Gasteiger partial charge is 0.423 e. The molecule has 1 aromatic heterocycles. The molecular weight excluding hydrogens is 299 g/mol. The molecule has 0 saturated carbocycles. The smallest absolute Gasteiger partial charge is 0.294 e. The molecular formula is C14H8Cl2N2O2. The van der Waals surface area contributed by atoms with E-state index >= 15 is 0 Å². The van der Waals surface area contributed by atoms with E-state index in [1.807, 2.05) is 0 Å². The van der Waals surface area contributed by atoms with Gasteiger partial charge >= 0.3 is 0 Å². The maximum atomic E-state index is 12.1. The highest BCUT2D eigenvalue weighted by molar-refractivity contribution is 6.31. The van der Waals surface area contributed by atoms with Crippen LogP contribution >= 0.6 is 23.2 Å². The van der Waals surface area contributed by atoms with Crippen LogP contribution in [0.25, 0.3) is 22.3 Å². The Morgan fingerprint density at radius 3 is 2.35 bits per heavy atom. The Morgan fingerprint density at radius 1 is 1.00 bits per heavy atom. The fourth-order valence-corrected chi connectivity index (χ4v) is 2.23. The molecule has 100 valence electrons. The molecule has 0 aliphatic heterocycles. The average Bonchev–Trinajstić information content (AvgIpc) is 2.44. The van der Waals surface area contributed by atoms with Gasteiger partial charge in [-0.2, -0.15) is 0 Å². The van der Waals surface area contributed by atoms with Crippen LogP contribution in [-0.2, 0) is 0 Å². The Labute approximate surface area is 123 Å². The molecule has 1 N–H and O–H groups in total. The number of nitrogens with zero attached hydrogens (tertiary/aromatic N) is 2. The van der Waals surface area contributed by atoms with Crippen molar-refractivity contribution >= 4 is 34.1 Å². The van der Waals surface area contributed by atoms with Crippen molar-refractivity contribution in [2.45, 2.75) is 0 Å². The number of halogens is 2. The van der Waals surface area contributed by atoms with Gasteiger partial charge in [0.25, 0.3) is 5.56 Å².